The Morgan fingerprint density at radius 1 is 1.29 bits per heavy atom. The summed E-state index contributed by atoms with van der Waals surface area (Å²) < 4.78 is 31.3. The number of hydrogen-bond acceptors (Lipinski definition) is 3. The lowest BCUT2D eigenvalue weighted by atomic mass is 10.3. The van der Waals surface area contributed by atoms with Gasteiger partial charge < -0.3 is 10.5 Å². The first-order valence-corrected chi connectivity index (χ1v) is 4.98. The van der Waals surface area contributed by atoms with Crippen molar-refractivity contribution in [2.45, 2.75) is 0 Å². The normalized spacial score (nSPS) is 10.3. The highest BCUT2D eigenvalue weighted by molar-refractivity contribution is 6.32. The summed E-state index contributed by atoms with van der Waals surface area (Å²) in [5, 5.41) is 0.119. The molecular weight excluding hydrogens is 250 g/mol. The largest absolute Gasteiger partial charge is 0.434 e. The molecule has 0 fully saturated rings. The first-order valence-electron chi connectivity index (χ1n) is 4.61. The maximum absolute atomic E-state index is 13.3. The smallest absolute Gasteiger partial charge is 0.238 e. The lowest BCUT2D eigenvalue weighted by Gasteiger charge is -2.07. The van der Waals surface area contributed by atoms with Gasteiger partial charge in [-0.3, -0.25) is 0 Å². The number of pyridine rings is 1. The average Bonchev–Trinajstić information content (AvgIpc) is 2.28. The van der Waals surface area contributed by atoms with Crippen molar-refractivity contribution in [3.05, 3.63) is 47.1 Å². The Hall–Kier alpha value is -1.88. The molecule has 6 heteroatoms. The minimum Gasteiger partial charge on any atom is -0.434 e. The molecule has 0 radical (unpaired) electrons. The first kappa shape index (κ1) is 11.6. The van der Waals surface area contributed by atoms with Crippen LogP contribution in [-0.4, -0.2) is 4.98 Å². The third kappa shape index (κ3) is 2.45. The van der Waals surface area contributed by atoms with Crippen LogP contribution in [0.1, 0.15) is 0 Å². The van der Waals surface area contributed by atoms with Crippen molar-refractivity contribution in [3.8, 4) is 11.6 Å². The van der Waals surface area contributed by atoms with Gasteiger partial charge in [0.25, 0.3) is 0 Å². The van der Waals surface area contributed by atoms with Gasteiger partial charge in [-0.15, -0.1) is 0 Å². The maximum Gasteiger partial charge on any atom is 0.238 e. The van der Waals surface area contributed by atoms with Gasteiger partial charge >= 0.3 is 0 Å². The van der Waals surface area contributed by atoms with E-state index in [0.29, 0.717) is 5.69 Å². The van der Waals surface area contributed by atoms with Crippen LogP contribution >= 0.6 is 11.6 Å². The topological polar surface area (TPSA) is 48.1 Å². The standard InChI is InChI=1S/C11H7ClF2N2O/c12-7-4-6(15)5-16-11(7)17-9-3-1-2-8(13)10(9)14/h1-5H,15H2. The van der Waals surface area contributed by atoms with E-state index in [9.17, 15) is 8.78 Å². The quantitative estimate of drug-likeness (QED) is 0.896. The Kier molecular flexibility index (Phi) is 3.10. The van der Waals surface area contributed by atoms with Gasteiger partial charge in [0.05, 0.1) is 11.9 Å². The SMILES string of the molecule is Nc1cnc(Oc2cccc(F)c2F)c(Cl)c1. The monoisotopic (exact) mass is 256 g/mol. The van der Waals surface area contributed by atoms with E-state index in [1.54, 1.807) is 0 Å². The van der Waals surface area contributed by atoms with Crippen molar-refractivity contribution in [2.24, 2.45) is 0 Å². The van der Waals surface area contributed by atoms with E-state index in [-0.39, 0.29) is 16.7 Å². The number of ether oxygens (including phenoxy) is 1. The highest BCUT2D eigenvalue weighted by Gasteiger charge is 2.12. The molecular formula is C11H7ClF2N2O. The van der Waals surface area contributed by atoms with Gasteiger partial charge in [0.15, 0.2) is 11.6 Å². The van der Waals surface area contributed by atoms with Crippen LogP contribution in [-0.2, 0) is 0 Å². The predicted octanol–water partition coefficient (Wildman–Crippen LogP) is 3.39. The molecule has 0 saturated heterocycles. The summed E-state index contributed by atoms with van der Waals surface area (Å²) in [4.78, 5) is 3.78. The second-order valence-corrected chi connectivity index (χ2v) is 3.62. The van der Waals surface area contributed by atoms with E-state index < -0.39 is 11.6 Å². The number of halogens is 3. The van der Waals surface area contributed by atoms with E-state index in [1.807, 2.05) is 0 Å². The summed E-state index contributed by atoms with van der Waals surface area (Å²) in [7, 11) is 0. The molecule has 0 spiro atoms. The van der Waals surface area contributed by atoms with Crippen LogP contribution in [0.15, 0.2) is 30.5 Å². The van der Waals surface area contributed by atoms with Gasteiger partial charge in [-0.2, -0.15) is 4.39 Å². The van der Waals surface area contributed by atoms with Crippen molar-refractivity contribution in [1.82, 2.24) is 4.98 Å². The Morgan fingerprint density at radius 2 is 2.06 bits per heavy atom. The molecule has 0 aliphatic rings. The lowest BCUT2D eigenvalue weighted by molar-refractivity contribution is 0.406. The molecule has 0 bridgehead atoms. The number of anilines is 1. The molecule has 0 unspecified atom stereocenters. The third-order valence-electron chi connectivity index (χ3n) is 1.95. The van der Waals surface area contributed by atoms with Gasteiger partial charge in [0.1, 0.15) is 5.02 Å². The number of benzene rings is 1. The Labute approximate surface area is 101 Å². The Balaban J connectivity index is 2.35. The lowest BCUT2D eigenvalue weighted by Crippen LogP contribution is -1.95. The zero-order chi connectivity index (χ0) is 12.4. The molecule has 3 nitrogen and oxygen atoms in total. The summed E-state index contributed by atoms with van der Waals surface area (Å²) in [5.41, 5.74) is 5.79. The van der Waals surface area contributed by atoms with Gasteiger partial charge in [-0.05, 0) is 18.2 Å². The average molecular weight is 257 g/mol. The second kappa shape index (κ2) is 4.55. The minimum atomic E-state index is -1.10. The van der Waals surface area contributed by atoms with Crippen molar-refractivity contribution in [3.63, 3.8) is 0 Å². The molecule has 2 rings (SSSR count). The predicted molar refractivity (Wildman–Crippen MR) is 60.1 cm³/mol. The molecule has 1 heterocycles. The van der Waals surface area contributed by atoms with E-state index in [1.165, 1.54) is 24.4 Å². The summed E-state index contributed by atoms with van der Waals surface area (Å²) >= 11 is 5.79. The highest BCUT2D eigenvalue weighted by Crippen LogP contribution is 2.30. The van der Waals surface area contributed by atoms with E-state index >= 15 is 0 Å². The van der Waals surface area contributed by atoms with Gasteiger partial charge in [-0.1, -0.05) is 17.7 Å². The molecule has 1 aromatic carbocycles. The van der Waals surface area contributed by atoms with Crippen LogP contribution in [0.5, 0.6) is 11.6 Å². The number of nitrogens with zero attached hydrogens (tertiary/aromatic N) is 1. The molecule has 0 aliphatic heterocycles. The van der Waals surface area contributed by atoms with Gasteiger partial charge in [0, 0.05) is 0 Å². The van der Waals surface area contributed by atoms with E-state index in [2.05, 4.69) is 4.98 Å². The van der Waals surface area contributed by atoms with Crippen LogP contribution in [0.2, 0.25) is 5.02 Å². The molecule has 0 saturated carbocycles. The molecule has 2 aromatic rings. The molecule has 1 aromatic heterocycles. The zero-order valence-electron chi connectivity index (χ0n) is 8.45. The van der Waals surface area contributed by atoms with Crippen LogP contribution in [0.4, 0.5) is 14.5 Å². The van der Waals surface area contributed by atoms with Crippen LogP contribution in [0.3, 0.4) is 0 Å². The van der Waals surface area contributed by atoms with Crippen LogP contribution in [0, 0.1) is 11.6 Å². The van der Waals surface area contributed by atoms with E-state index in [0.717, 1.165) is 6.07 Å². The summed E-state index contributed by atoms with van der Waals surface area (Å²) in [6, 6.07) is 4.98. The first-order chi connectivity index (χ1) is 8.08. The van der Waals surface area contributed by atoms with Gasteiger partial charge in [0.2, 0.25) is 11.7 Å². The fourth-order valence-electron chi connectivity index (χ4n) is 1.18. The summed E-state index contributed by atoms with van der Waals surface area (Å²) in [6.45, 7) is 0. The summed E-state index contributed by atoms with van der Waals surface area (Å²) in [6.07, 6.45) is 1.30. The zero-order valence-corrected chi connectivity index (χ0v) is 9.21. The van der Waals surface area contributed by atoms with Crippen LogP contribution in [0.25, 0.3) is 0 Å². The number of nitrogen functional groups attached to an aromatic ring is 1. The van der Waals surface area contributed by atoms with Crippen molar-refractivity contribution >= 4 is 17.3 Å². The number of rotatable bonds is 2. The van der Waals surface area contributed by atoms with Crippen molar-refractivity contribution < 1.29 is 13.5 Å². The maximum atomic E-state index is 13.3. The fourth-order valence-corrected chi connectivity index (χ4v) is 1.40. The Bertz CT molecular complexity index is 563. The highest BCUT2D eigenvalue weighted by atomic mass is 35.5. The summed E-state index contributed by atoms with van der Waals surface area (Å²) in [5.74, 6) is -2.43. The van der Waals surface area contributed by atoms with Gasteiger partial charge in [-0.25, -0.2) is 9.37 Å². The number of nitrogens with two attached hydrogens (primary N) is 1. The molecule has 88 valence electrons. The van der Waals surface area contributed by atoms with Crippen molar-refractivity contribution in [1.29, 1.82) is 0 Å². The van der Waals surface area contributed by atoms with E-state index in [4.69, 9.17) is 22.1 Å². The second-order valence-electron chi connectivity index (χ2n) is 3.21. The molecule has 0 atom stereocenters. The third-order valence-corrected chi connectivity index (χ3v) is 2.22. The van der Waals surface area contributed by atoms with Crippen LogP contribution < -0.4 is 10.5 Å². The number of aromatic nitrogens is 1. The fraction of sp³-hybridized carbons (Fsp3) is 0. The Morgan fingerprint density at radius 3 is 2.76 bits per heavy atom. The minimum absolute atomic E-state index is 0.0367. The molecule has 2 N–H and O–H groups in total. The molecule has 0 aliphatic carbocycles. The molecule has 17 heavy (non-hydrogen) atoms. The molecule has 0 amide bonds. The number of hydrogen-bond donors (Lipinski definition) is 1. The van der Waals surface area contributed by atoms with Crippen molar-refractivity contribution in [2.75, 3.05) is 5.73 Å².